The van der Waals surface area contributed by atoms with Crippen molar-refractivity contribution in [1.82, 2.24) is 0 Å². The van der Waals surface area contributed by atoms with E-state index in [0.717, 1.165) is 31.3 Å². The highest BCUT2D eigenvalue weighted by Crippen LogP contribution is 2.47. The molecule has 0 atom stereocenters. The van der Waals surface area contributed by atoms with Crippen molar-refractivity contribution >= 4 is 34.0 Å². The van der Waals surface area contributed by atoms with Gasteiger partial charge in [0.1, 0.15) is 0 Å². The Balaban J connectivity index is 2.32. The maximum atomic E-state index is 11.7. The van der Waals surface area contributed by atoms with E-state index in [2.05, 4.69) is 55.1 Å². The van der Waals surface area contributed by atoms with Crippen LogP contribution in [0, 0.1) is 20.8 Å². The largest absolute Gasteiger partial charge is 0.374 e. The molecular formula is C16H16OS3. The lowest BCUT2D eigenvalue weighted by Crippen LogP contribution is -2.28. The standard InChI is InChI=1S/C16H16OS3/c1-10-4-7-18-13(10)16(17,14-11(2)5-8-19-14)15-12(3)6-9-20-15/h4-9,17H,1-3H3. The predicted molar refractivity (Wildman–Crippen MR) is 89.3 cm³/mol. The van der Waals surface area contributed by atoms with Crippen LogP contribution in [0.15, 0.2) is 34.3 Å². The molecule has 0 fully saturated rings. The molecule has 0 saturated heterocycles. The number of rotatable bonds is 3. The highest BCUT2D eigenvalue weighted by Gasteiger charge is 2.40. The highest BCUT2D eigenvalue weighted by molar-refractivity contribution is 7.13. The first-order valence-corrected chi connectivity index (χ1v) is 9.05. The van der Waals surface area contributed by atoms with Gasteiger partial charge in [-0.05, 0) is 71.8 Å². The number of aryl methyl sites for hydroxylation is 3. The van der Waals surface area contributed by atoms with Crippen molar-refractivity contribution in [2.75, 3.05) is 0 Å². The van der Waals surface area contributed by atoms with Crippen LogP contribution in [0.2, 0.25) is 0 Å². The molecule has 0 radical (unpaired) electrons. The van der Waals surface area contributed by atoms with E-state index in [4.69, 9.17) is 0 Å². The summed E-state index contributed by atoms with van der Waals surface area (Å²) in [5.74, 6) is 0. The Labute approximate surface area is 131 Å². The molecule has 1 N–H and O–H groups in total. The SMILES string of the molecule is Cc1ccsc1C(O)(c1sccc1C)c1sccc1C. The average Bonchev–Trinajstić information content (AvgIpc) is 3.10. The van der Waals surface area contributed by atoms with Gasteiger partial charge < -0.3 is 5.11 Å². The first kappa shape index (κ1) is 14.0. The summed E-state index contributed by atoms with van der Waals surface area (Å²) in [5, 5.41) is 17.8. The molecule has 0 unspecified atom stereocenters. The summed E-state index contributed by atoms with van der Waals surface area (Å²) < 4.78 is 0. The highest BCUT2D eigenvalue weighted by atomic mass is 32.1. The Kier molecular flexibility index (Phi) is 3.58. The van der Waals surface area contributed by atoms with Crippen LogP contribution >= 0.6 is 34.0 Å². The zero-order valence-corrected chi connectivity index (χ0v) is 14.1. The van der Waals surface area contributed by atoms with E-state index in [-0.39, 0.29) is 0 Å². The molecule has 0 aromatic carbocycles. The van der Waals surface area contributed by atoms with E-state index in [1.165, 1.54) is 0 Å². The first-order chi connectivity index (χ1) is 9.55. The maximum Gasteiger partial charge on any atom is 0.168 e. The molecule has 3 aromatic rings. The van der Waals surface area contributed by atoms with Crippen molar-refractivity contribution in [1.29, 1.82) is 0 Å². The monoisotopic (exact) mass is 320 g/mol. The second kappa shape index (κ2) is 5.11. The second-order valence-electron chi connectivity index (χ2n) is 5.01. The van der Waals surface area contributed by atoms with Crippen LogP contribution in [-0.4, -0.2) is 5.11 Å². The summed E-state index contributed by atoms with van der Waals surface area (Å²) in [7, 11) is 0. The topological polar surface area (TPSA) is 20.2 Å². The van der Waals surface area contributed by atoms with Gasteiger partial charge in [-0.15, -0.1) is 34.0 Å². The van der Waals surface area contributed by atoms with Crippen LogP contribution in [0.5, 0.6) is 0 Å². The fourth-order valence-corrected chi connectivity index (χ4v) is 5.84. The molecular weight excluding hydrogens is 304 g/mol. The van der Waals surface area contributed by atoms with Gasteiger partial charge >= 0.3 is 0 Å². The van der Waals surface area contributed by atoms with Gasteiger partial charge in [0, 0.05) is 14.6 Å². The molecule has 0 spiro atoms. The Hall–Kier alpha value is -0.940. The first-order valence-electron chi connectivity index (χ1n) is 6.41. The summed E-state index contributed by atoms with van der Waals surface area (Å²) in [4.78, 5) is 3.11. The fraction of sp³-hybridized carbons (Fsp3) is 0.250. The van der Waals surface area contributed by atoms with Gasteiger partial charge in [-0.3, -0.25) is 0 Å². The van der Waals surface area contributed by atoms with Gasteiger partial charge in [0.2, 0.25) is 0 Å². The summed E-state index contributed by atoms with van der Waals surface area (Å²) >= 11 is 4.90. The average molecular weight is 321 g/mol. The van der Waals surface area contributed by atoms with E-state index in [1.54, 1.807) is 34.0 Å². The van der Waals surface area contributed by atoms with Crippen LogP contribution in [0.3, 0.4) is 0 Å². The normalized spacial score (nSPS) is 12.0. The maximum absolute atomic E-state index is 11.7. The summed E-state index contributed by atoms with van der Waals surface area (Å²) in [6.07, 6.45) is 0. The molecule has 3 heterocycles. The molecule has 0 aliphatic carbocycles. The van der Waals surface area contributed by atoms with E-state index in [1.807, 2.05) is 0 Å². The summed E-state index contributed by atoms with van der Waals surface area (Å²) in [5.41, 5.74) is 2.45. The Morgan fingerprint density at radius 3 is 1.20 bits per heavy atom. The van der Waals surface area contributed by atoms with Crippen molar-refractivity contribution in [2.45, 2.75) is 26.4 Å². The number of hydrogen-bond donors (Lipinski definition) is 1. The van der Waals surface area contributed by atoms with Gasteiger partial charge in [0.25, 0.3) is 0 Å². The molecule has 0 amide bonds. The van der Waals surface area contributed by atoms with Crippen LogP contribution in [0.4, 0.5) is 0 Å². The minimum absolute atomic E-state index is 1.01. The molecule has 1 nitrogen and oxygen atoms in total. The van der Waals surface area contributed by atoms with Crippen LogP contribution in [-0.2, 0) is 5.60 Å². The zero-order valence-electron chi connectivity index (χ0n) is 11.6. The lowest BCUT2D eigenvalue weighted by Gasteiger charge is -2.28. The molecule has 3 rings (SSSR count). The van der Waals surface area contributed by atoms with Gasteiger partial charge in [0.05, 0.1) is 0 Å². The van der Waals surface area contributed by atoms with Crippen LogP contribution in [0.1, 0.15) is 31.3 Å². The Bertz CT molecular complexity index is 634. The van der Waals surface area contributed by atoms with E-state index in [0.29, 0.717) is 0 Å². The minimum atomic E-state index is -1.01. The lowest BCUT2D eigenvalue weighted by atomic mass is 9.91. The third-order valence-corrected chi connectivity index (χ3v) is 6.95. The number of aliphatic hydroxyl groups is 1. The molecule has 0 bridgehead atoms. The van der Waals surface area contributed by atoms with Gasteiger partial charge in [-0.1, -0.05) is 0 Å². The third kappa shape index (κ3) is 1.99. The molecule has 104 valence electrons. The number of thiophene rings is 3. The molecule has 0 saturated carbocycles. The van der Waals surface area contributed by atoms with Crippen LogP contribution < -0.4 is 0 Å². The smallest absolute Gasteiger partial charge is 0.168 e. The van der Waals surface area contributed by atoms with Gasteiger partial charge in [-0.25, -0.2) is 0 Å². The number of hydrogen-bond acceptors (Lipinski definition) is 4. The van der Waals surface area contributed by atoms with Crippen molar-refractivity contribution in [3.8, 4) is 0 Å². The Morgan fingerprint density at radius 1 is 0.700 bits per heavy atom. The third-order valence-electron chi connectivity index (χ3n) is 3.57. The van der Waals surface area contributed by atoms with Crippen LogP contribution in [0.25, 0.3) is 0 Å². The van der Waals surface area contributed by atoms with Crippen molar-refractivity contribution in [3.63, 3.8) is 0 Å². The quantitative estimate of drug-likeness (QED) is 0.713. The van der Waals surface area contributed by atoms with Gasteiger partial charge in [0.15, 0.2) is 5.60 Å². The van der Waals surface area contributed by atoms with Crippen molar-refractivity contribution in [3.05, 3.63) is 65.7 Å². The van der Waals surface area contributed by atoms with Crippen molar-refractivity contribution < 1.29 is 5.11 Å². The van der Waals surface area contributed by atoms with E-state index in [9.17, 15) is 5.11 Å². The fourth-order valence-electron chi connectivity index (χ4n) is 2.54. The molecule has 3 aromatic heterocycles. The molecule has 0 aliphatic heterocycles. The predicted octanol–water partition coefficient (Wildman–Crippen LogP) is 5.08. The minimum Gasteiger partial charge on any atom is -0.374 e. The van der Waals surface area contributed by atoms with Crippen molar-refractivity contribution in [2.24, 2.45) is 0 Å². The summed E-state index contributed by atoms with van der Waals surface area (Å²) in [6, 6.07) is 6.24. The lowest BCUT2D eigenvalue weighted by molar-refractivity contribution is 0.136. The van der Waals surface area contributed by atoms with E-state index < -0.39 is 5.60 Å². The Morgan fingerprint density at radius 2 is 1.00 bits per heavy atom. The van der Waals surface area contributed by atoms with Gasteiger partial charge in [-0.2, -0.15) is 0 Å². The molecule has 0 aliphatic rings. The summed E-state index contributed by atoms with van der Waals surface area (Å²) in [6.45, 7) is 6.22. The van der Waals surface area contributed by atoms with E-state index >= 15 is 0 Å². The molecule has 4 heteroatoms. The second-order valence-corrected chi connectivity index (χ2v) is 7.76. The molecule has 20 heavy (non-hydrogen) atoms. The zero-order chi connectivity index (χ0) is 14.3.